The summed E-state index contributed by atoms with van der Waals surface area (Å²) >= 11 is 26.7. The molecule has 1 aromatic heterocycles. The predicted molar refractivity (Wildman–Crippen MR) is 133 cm³/mol. The first-order chi connectivity index (χ1) is 11.8. The van der Waals surface area contributed by atoms with Crippen LogP contribution in [0.4, 0.5) is 0 Å². The van der Waals surface area contributed by atoms with Crippen LogP contribution in [0.25, 0.3) is 0 Å². The number of hydrogen-bond donors (Lipinski definition) is 0. The van der Waals surface area contributed by atoms with Crippen molar-refractivity contribution in [3.8, 4) is 0 Å². The highest BCUT2D eigenvalue weighted by molar-refractivity contribution is 9.42. The predicted octanol–water partition coefficient (Wildman–Crippen LogP) is 6.37. The molecular weight excluding hydrogens is 1020 g/mol. The summed E-state index contributed by atoms with van der Waals surface area (Å²) in [7, 11) is -8.53. The molecule has 0 amide bonds. The Bertz CT molecular complexity index is 843. The maximum atomic E-state index is 12.6. The third kappa shape index (κ3) is 8.13. The van der Waals surface area contributed by atoms with Gasteiger partial charge in [0.25, 0.3) is 7.49 Å². The molecule has 0 bridgehead atoms. The number of halogens is 9. The summed E-state index contributed by atoms with van der Waals surface area (Å²) in [6.07, 6.45) is 0. The minimum atomic E-state index is -4.30. The van der Waals surface area contributed by atoms with E-state index in [2.05, 4.69) is 153 Å². The Labute approximate surface area is 234 Å². The SMILES string of the molecule is O=S(=O)(c1cc(SOOC(Br)(Br)Br)nc(S(=O)(=O)C(Br)(Br)Br)n1)C(Br)(Br)Br. The lowest BCUT2D eigenvalue weighted by molar-refractivity contribution is -0.184. The van der Waals surface area contributed by atoms with E-state index in [1.54, 1.807) is 0 Å². The Morgan fingerprint density at radius 2 is 1.30 bits per heavy atom. The van der Waals surface area contributed by atoms with Crippen LogP contribution in [0, 0.1) is 0 Å². The van der Waals surface area contributed by atoms with E-state index in [1.165, 1.54) is 0 Å². The average Bonchev–Trinajstić information content (AvgIpc) is 2.43. The molecule has 0 spiro atoms. The molecule has 0 aliphatic heterocycles. The van der Waals surface area contributed by atoms with Crippen LogP contribution >= 0.6 is 155 Å². The normalized spacial score (nSPS) is 14.4. The van der Waals surface area contributed by atoms with Crippen molar-refractivity contribution in [1.29, 1.82) is 0 Å². The average molecular weight is 1020 g/mol. The van der Waals surface area contributed by atoms with Gasteiger partial charge in [0.1, 0.15) is 5.03 Å². The van der Waals surface area contributed by atoms with Gasteiger partial charge >= 0.3 is 0 Å². The van der Waals surface area contributed by atoms with Gasteiger partial charge in [-0.2, -0.15) is 9.22 Å². The van der Waals surface area contributed by atoms with Crippen molar-refractivity contribution in [3.05, 3.63) is 6.07 Å². The van der Waals surface area contributed by atoms with Crippen molar-refractivity contribution in [3.63, 3.8) is 0 Å². The summed E-state index contributed by atoms with van der Waals surface area (Å²) in [6, 6.07) is 0.998. The van der Waals surface area contributed by atoms with Crippen molar-refractivity contribution in [1.82, 2.24) is 9.97 Å². The zero-order valence-electron chi connectivity index (χ0n) is 11.5. The fourth-order valence-electron chi connectivity index (χ4n) is 0.997. The second-order valence-electron chi connectivity index (χ2n) is 3.91. The van der Waals surface area contributed by atoms with E-state index >= 15 is 0 Å². The Morgan fingerprint density at radius 1 is 0.815 bits per heavy atom. The Hall–Kier alpha value is 3.57. The van der Waals surface area contributed by atoms with Crippen LogP contribution in [0.3, 0.4) is 0 Å². The van der Waals surface area contributed by atoms with E-state index in [4.69, 9.17) is 9.22 Å². The molecule has 0 N–H and O–H groups in total. The maximum absolute atomic E-state index is 12.6. The van der Waals surface area contributed by atoms with E-state index < -0.39 is 35.1 Å². The number of aromatic nitrogens is 2. The third-order valence-electron chi connectivity index (χ3n) is 2.03. The van der Waals surface area contributed by atoms with E-state index in [1.807, 2.05) is 0 Å². The highest BCUT2D eigenvalue weighted by Crippen LogP contribution is 2.45. The number of rotatable bonds is 5. The first-order valence-electron chi connectivity index (χ1n) is 5.40. The lowest BCUT2D eigenvalue weighted by Gasteiger charge is -2.16. The summed E-state index contributed by atoms with van der Waals surface area (Å²) in [5.41, 5.74) is 0. The van der Waals surface area contributed by atoms with Crippen molar-refractivity contribution in [2.75, 3.05) is 0 Å². The fraction of sp³-hybridized carbons (Fsp3) is 0.429. The van der Waals surface area contributed by atoms with Crippen LogP contribution in [0.2, 0.25) is 0 Å². The highest BCUT2D eigenvalue weighted by atomic mass is 80.0. The molecule has 156 valence electrons. The molecule has 0 fully saturated rings. The molecular formula is C7HBr9N2O6S3. The van der Waals surface area contributed by atoms with Gasteiger partial charge in [0.15, 0.2) is 5.03 Å². The molecule has 0 aliphatic carbocycles. The second kappa shape index (κ2) is 10.2. The van der Waals surface area contributed by atoms with E-state index in [0.29, 0.717) is 12.0 Å². The first-order valence-corrected chi connectivity index (χ1v) is 16.2. The van der Waals surface area contributed by atoms with Gasteiger partial charge in [-0.05, 0) is 143 Å². The van der Waals surface area contributed by atoms with Gasteiger partial charge in [-0.3, -0.25) is 0 Å². The molecule has 1 heterocycles. The van der Waals surface area contributed by atoms with Crippen LogP contribution in [0.1, 0.15) is 0 Å². The molecule has 0 atom stereocenters. The van der Waals surface area contributed by atoms with E-state index in [-0.39, 0.29) is 5.03 Å². The van der Waals surface area contributed by atoms with Gasteiger partial charge in [-0.25, -0.2) is 26.8 Å². The van der Waals surface area contributed by atoms with Crippen LogP contribution in [-0.2, 0) is 28.9 Å². The maximum Gasteiger partial charge on any atom is 0.266 e. The van der Waals surface area contributed by atoms with Gasteiger partial charge in [-0.1, -0.05) is 0 Å². The lowest BCUT2D eigenvalue weighted by atomic mass is 10.7. The molecule has 20 heteroatoms. The van der Waals surface area contributed by atoms with Crippen LogP contribution in [0.15, 0.2) is 21.3 Å². The topological polar surface area (TPSA) is 113 Å². The number of sulfone groups is 2. The van der Waals surface area contributed by atoms with Gasteiger partial charge < -0.3 is 0 Å². The zero-order chi connectivity index (χ0) is 21.5. The highest BCUT2D eigenvalue weighted by Gasteiger charge is 2.43. The fourth-order valence-corrected chi connectivity index (χ4v) is 6.29. The smallest absolute Gasteiger partial charge is 0.219 e. The summed E-state index contributed by atoms with van der Waals surface area (Å²) < 4.78 is 50.3. The lowest BCUT2D eigenvalue weighted by Crippen LogP contribution is -2.24. The van der Waals surface area contributed by atoms with Crippen LogP contribution < -0.4 is 0 Å². The second-order valence-corrected chi connectivity index (χ2v) is 31.9. The largest absolute Gasteiger partial charge is 0.266 e. The molecule has 0 aliphatic rings. The molecule has 0 aromatic carbocycles. The molecule has 0 radical (unpaired) electrons. The Morgan fingerprint density at radius 3 is 1.70 bits per heavy atom. The minimum Gasteiger partial charge on any atom is -0.219 e. The van der Waals surface area contributed by atoms with Crippen molar-refractivity contribution >= 4 is 175 Å². The van der Waals surface area contributed by atoms with E-state index in [0.717, 1.165) is 6.07 Å². The molecule has 0 unspecified atom stereocenters. The molecule has 1 aromatic rings. The Kier molecular flexibility index (Phi) is 10.8. The van der Waals surface area contributed by atoms with Crippen molar-refractivity contribution in [2.24, 2.45) is 0 Å². The van der Waals surface area contributed by atoms with Crippen LogP contribution in [0.5, 0.6) is 0 Å². The van der Waals surface area contributed by atoms with Gasteiger partial charge in [0.2, 0.25) is 22.6 Å². The summed E-state index contributed by atoms with van der Waals surface area (Å²) in [5.74, 6) is 0. The standard InChI is InChI=1S/C7HBr9N2O6S3/c8-5(9,10)23-24-25-2-1-3(26(19,20)6(11,12)13)18-4(17-2)27(21,22)7(14,15)16/h1H. The first kappa shape index (κ1) is 28.6. The van der Waals surface area contributed by atoms with Gasteiger partial charge in [0.05, 0.1) is 12.0 Å². The number of alkyl halides is 9. The summed E-state index contributed by atoms with van der Waals surface area (Å²) in [5, 5.41) is -1.60. The molecule has 0 saturated heterocycles. The number of nitrogens with zero attached hydrogens (tertiary/aromatic N) is 2. The Balaban J connectivity index is 3.54. The van der Waals surface area contributed by atoms with Crippen LogP contribution in [-0.4, -0.2) is 32.1 Å². The molecule has 1 rings (SSSR count). The quantitative estimate of drug-likeness (QED) is 0.0831. The van der Waals surface area contributed by atoms with Crippen molar-refractivity contribution in [2.45, 2.75) is 20.5 Å². The van der Waals surface area contributed by atoms with Gasteiger partial charge in [0, 0.05) is 6.07 Å². The third-order valence-corrected chi connectivity index (χ3v) is 13.3. The minimum absolute atomic E-state index is 0.174. The van der Waals surface area contributed by atoms with E-state index in [9.17, 15) is 16.8 Å². The molecule has 27 heavy (non-hydrogen) atoms. The number of hydrogen-bond acceptors (Lipinski definition) is 9. The molecule has 0 saturated carbocycles. The zero-order valence-corrected chi connectivity index (χ0v) is 28.3. The van der Waals surface area contributed by atoms with Crippen molar-refractivity contribution < 1.29 is 26.1 Å². The summed E-state index contributed by atoms with van der Waals surface area (Å²) in [6.45, 7) is 0. The van der Waals surface area contributed by atoms with Gasteiger partial charge in [-0.15, -0.1) is 0 Å². The molecule has 8 nitrogen and oxygen atoms in total. The monoisotopic (exact) mass is 1020 g/mol. The summed E-state index contributed by atoms with van der Waals surface area (Å²) in [4.78, 5) is 12.3.